The molecule has 0 aliphatic rings. The highest BCUT2D eigenvalue weighted by molar-refractivity contribution is 5.89. The Hall–Kier alpha value is -1.80. The van der Waals surface area contributed by atoms with Crippen LogP contribution in [0.3, 0.4) is 0 Å². The zero-order valence-electron chi connectivity index (χ0n) is 8.87. The minimum atomic E-state index is -5.30. The van der Waals surface area contributed by atoms with Crippen molar-refractivity contribution in [2.75, 3.05) is 7.11 Å². The zero-order valence-corrected chi connectivity index (χ0v) is 7.87. The van der Waals surface area contributed by atoms with Gasteiger partial charge in [0.25, 0.3) is 0 Å². The highest BCUT2D eigenvalue weighted by atomic mass is 19.4. The van der Waals surface area contributed by atoms with Gasteiger partial charge in [-0.3, -0.25) is 9.59 Å². The number of hydrogen-bond donors (Lipinski definition) is 2. The molecule has 0 spiro atoms. The summed E-state index contributed by atoms with van der Waals surface area (Å²) in [6, 6.07) is -2.34. The first-order chi connectivity index (χ1) is 7.61. The number of carbonyl (C=O) groups excluding carboxylic acids is 2. The molecule has 0 fully saturated rings. The van der Waals surface area contributed by atoms with Crippen molar-refractivity contribution in [1.29, 1.82) is 0 Å². The fourth-order valence-corrected chi connectivity index (χ4v) is 0.602. The number of hydrogen-bond acceptors (Lipinski definition) is 4. The van der Waals surface area contributed by atoms with Crippen LogP contribution in [0.2, 0.25) is 0 Å². The normalized spacial score (nSPS) is 15.6. The summed E-state index contributed by atoms with van der Waals surface area (Å²) in [5.41, 5.74) is 0. The summed E-state index contributed by atoms with van der Waals surface area (Å²) in [5, 5.41) is 9.51. The molecule has 0 aromatic carbocycles. The molecule has 0 aliphatic carbocycles. The van der Waals surface area contributed by atoms with E-state index in [1.165, 1.54) is 0 Å². The van der Waals surface area contributed by atoms with Gasteiger partial charge >= 0.3 is 24.0 Å². The SMILES string of the molecule is [2H][C@@H](C(=O)OC)[C@H](NC(=O)C(F)(F)F)C(=O)O. The Morgan fingerprint density at radius 1 is 1.50 bits per heavy atom. The second-order valence-corrected chi connectivity index (χ2v) is 2.48. The number of esters is 1. The Morgan fingerprint density at radius 2 is 2.00 bits per heavy atom. The number of amides is 1. The maximum atomic E-state index is 11.8. The average molecular weight is 244 g/mol. The number of halogens is 3. The van der Waals surface area contributed by atoms with Gasteiger partial charge in [-0.25, -0.2) is 4.79 Å². The van der Waals surface area contributed by atoms with Crippen LogP contribution in [0.4, 0.5) is 13.2 Å². The molecule has 2 atom stereocenters. The minimum Gasteiger partial charge on any atom is -0.480 e. The van der Waals surface area contributed by atoms with E-state index in [2.05, 4.69) is 4.74 Å². The molecule has 0 aromatic heterocycles. The Bertz CT molecular complexity index is 332. The molecule has 2 N–H and O–H groups in total. The summed E-state index contributed by atoms with van der Waals surface area (Å²) < 4.78 is 46.5. The van der Waals surface area contributed by atoms with Crippen molar-refractivity contribution < 1.29 is 38.8 Å². The van der Waals surface area contributed by atoms with Gasteiger partial charge in [0.1, 0.15) is 6.04 Å². The van der Waals surface area contributed by atoms with Crippen LogP contribution in [-0.2, 0) is 19.1 Å². The van der Waals surface area contributed by atoms with E-state index in [1.807, 2.05) is 0 Å². The topological polar surface area (TPSA) is 92.7 Å². The third-order valence-corrected chi connectivity index (χ3v) is 1.31. The van der Waals surface area contributed by atoms with Gasteiger partial charge in [-0.2, -0.15) is 13.2 Å². The minimum absolute atomic E-state index is 0.828. The molecule has 9 heteroatoms. The Labute approximate surface area is 88.8 Å². The van der Waals surface area contributed by atoms with Crippen molar-refractivity contribution in [3.8, 4) is 0 Å². The van der Waals surface area contributed by atoms with Gasteiger partial charge in [-0.1, -0.05) is 0 Å². The van der Waals surface area contributed by atoms with Gasteiger partial charge in [0.05, 0.1) is 13.5 Å². The number of carboxylic acids is 1. The number of carboxylic acid groups (broad SMARTS) is 1. The van der Waals surface area contributed by atoms with E-state index in [9.17, 15) is 27.6 Å². The molecule has 0 bridgehead atoms. The van der Waals surface area contributed by atoms with Crippen molar-refractivity contribution in [3.63, 3.8) is 0 Å². The summed E-state index contributed by atoms with van der Waals surface area (Å²) in [6.07, 6.45) is -7.49. The molecule has 6 nitrogen and oxygen atoms in total. The predicted octanol–water partition coefficient (Wildman–Crippen LogP) is -0.319. The lowest BCUT2D eigenvalue weighted by Crippen LogP contribution is -2.47. The summed E-state index contributed by atoms with van der Waals surface area (Å²) in [7, 11) is 0.828. The van der Waals surface area contributed by atoms with E-state index < -0.39 is 36.5 Å². The van der Waals surface area contributed by atoms with Gasteiger partial charge in [0, 0.05) is 1.37 Å². The van der Waals surface area contributed by atoms with Crippen LogP contribution in [0.15, 0.2) is 0 Å². The first kappa shape index (κ1) is 12.3. The summed E-state index contributed by atoms with van der Waals surface area (Å²) in [4.78, 5) is 31.8. The molecule has 92 valence electrons. The van der Waals surface area contributed by atoms with E-state index in [0.717, 1.165) is 12.4 Å². The van der Waals surface area contributed by atoms with Gasteiger partial charge < -0.3 is 15.2 Å². The molecule has 1 amide bonds. The first-order valence-electron chi connectivity index (χ1n) is 4.29. The molecular weight excluding hydrogens is 235 g/mol. The van der Waals surface area contributed by atoms with Crippen LogP contribution < -0.4 is 5.32 Å². The third-order valence-electron chi connectivity index (χ3n) is 1.31. The molecule has 0 aliphatic heterocycles. The number of carbonyl (C=O) groups is 3. The van der Waals surface area contributed by atoms with E-state index in [1.54, 1.807) is 0 Å². The standard InChI is InChI=1S/C7H8F3NO5/c1-16-4(12)2-3(5(13)14)11-6(15)7(8,9)10/h3H,2H2,1H3,(H,11,15)(H,13,14)/t3-/m0/s1/i2D/t2-,3+/m1. The van der Waals surface area contributed by atoms with Gasteiger partial charge in [-0.05, 0) is 0 Å². The Morgan fingerprint density at radius 3 is 2.31 bits per heavy atom. The quantitative estimate of drug-likeness (QED) is 0.661. The number of nitrogens with one attached hydrogen (secondary N) is 1. The molecule has 0 saturated heterocycles. The summed E-state index contributed by atoms with van der Waals surface area (Å²) in [6.45, 7) is 0. The number of ether oxygens (including phenoxy) is 1. The molecule has 0 heterocycles. The largest absolute Gasteiger partial charge is 0.480 e. The fraction of sp³-hybridized carbons (Fsp3) is 0.571. The molecule has 16 heavy (non-hydrogen) atoms. The number of aliphatic carboxylic acids is 1. The maximum Gasteiger partial charge on any atom is 0.471 e. The van der Waals surface area contributed by atoms with Crippen LogP contribution in [0.25, 0.3) is 0 Å². The summed E-state index contributed by atoms with van der Waals surface area (Å²) >= 11 is 0. The molecule has 0 radical (unpaired) electrons. The van der Waals surface area contributed by atoms with Crippen molar-refractivity contribution >= 4 is 17.8 Å². The first-order valence-corrected chi connectivity index (χ1v) is 3.71. The lowest BCUT2D eigenvalue weighted by molar-refractivity contribution is -0.175. The second-order valence-electron chi connectivity index (χ2n) is 2.48. The van der Waals surface area contributed by atoms with Crippen molar-refractivity contribution in [2.24, 2.45) is 0 Å². The van der Waals surface area contributed by atoms with E-state index >= 15 is 0 Å². The van der Waals surface area contributed by atoms with E-state index in [4.69, 9.17) is 6.48 Å². The lowest BCUT2D eigenvalue weighted by atomic mass is 10.2. The summed E-state index contributed by atoms with van der Waals surface area (Å²) in [5.74, 6) is -5.88. The van der Waals surface area contributed by atoms with Crippen LogP contribution in [0.1, 0.15) is 7.77 Å². The highest BCUT2D eigenvalue weighted by Crippen LogP contribution is 2.14. The van der Waals surface area contributed by atoms with Gasteiger partial charge in [-0.15, -0.1) is 0 Å². The lowest BCUT2D eigenvalue weighted by Gasteiger charge is -2.14. The van der Waals surface area contributed by atoms with Gasteiger partial charge in [0.15, 0.2) is 0 Å². The van der Waals surface area contributed by atoms with Crippen LogP contribution >= 0.6 is 0 Å². The monoisotopic (exact) mass is 244 g/mol. The van der Waals surface area contributed by atoms with Crippen LogP contribution in [-0.4, -0.2) is 42.3 Å². The average Bonchev–Trinajstić information content (AvgIpc) is 2.21. The molecule has 0 rings (SSSR count). The Kier molecular flexibility index (Phi) is 4.09. The van der Waals surface area contributed by atoms with Crippen LogP contribution in [0.5, 0.6) is 0 Å². The van der Waals surface area contributed by atoms with Crippen molar-refractivity contribution in [3.05, 3.63) is 0 Å². The number of rotatable bonds is 4. The van der Waals surface area contributed by atoms with Gasteiger partial charge in [0.2, 0.25) is 0 Å². The van der Waals surface area contributed by atoms with Crippen LogP contribution in [0, 0.1) is 0 Å². The number of methoxy groups -OCH3 is 1. The number of alkyl halides is 3. The fourth-order valence-electron chi connectivity index (χ4n) is 0.602. The highest BCUT2D eigenvalue weighted by Gasteiger charge is 2.41. The third kappa shape index (κ3) is 4.62. The Balaban J connectivity index is 4.84. The van der Waals surface area contributed by atoms with E-state index in [0.29, 0.717) is 0 Å². The predicted molar refractivity (Wildman–Crippen MR) is 42.3 cm³/mol. The zero-order chi connectivity index (χ0) is 13.8. The molecule has 0 saturated carbocycles. The molecule has 0 aromatic rings. The van der Waals surface area contributed by atoms with E-state index in [-0.39, 0.29) is 0 Å². The van der Waals surface area contributed by atoms with Crippen molar-refractivity contribution in [2.45, 2.75) is 18.6 Å². The molecular formula is C7H8F3NO5. The second kappa shape index (κ2) is 5.33. The smallest absolute Gasteiger partial charge is 0.471 e. The maximum absolute atomic E-state index is 11.8. The van der Waals surface area contributed by atoms with Crippen molar-refractivity contribution in [1.82, 2.24) is 5.32 Å². The molecule has 0 unspecified atom stereocenters.